The second-order valence-corrected chi connectivity index (χ2v) is 10.2. The average molecular weight is 495 g/mol. The molecule has 6 rings (SSSR count). The van der Waals surface area contributed by atoms with Gasteiger partial charge in [-0.1, -0.05) is 6.07 Å². The van der Waals surface area contributed by atoms with E-state index < -0.39 is 30.8 Å². The van der Waals surface area contributed by atoms with Crippen molar-refractivity contribution >= 4 is 34.5 Å². The molecule has 1 amide bonds. The molecule has 3 saturated heterocycles. The molecule has 0 radical (unpaired) electrons. The predicted octanol–water partition coefficient (Wildman–Crippen LogP) is 3.82. The highest BCUT2D eigenvalue weighted by atomic mass is 32.1. The van der Waals surface area contributed by atoms with Crippen LogP contribution in [0.2, 0.25) is 0 Å². The third-order valence-electron chi connectivity index (χ3n) is 6.00. The molecule has 182 valence electrons. The van der Waals surface area contributed by atoms with Crippen molar-refractivity contribution < 1.29 is 32.9 Å². The van der Waals surface area contributed by atoms with Crippen LogP contribution in [0.5, 0.6) is 0 Å². The Hall–Kier alpha value is -2.83. The van der Waals surface area contributed by atoms with Crippen LogP contribution in [0.25, 0.3) is 21.7 Å². The van der Waals surface area contributed by atoms with E-state index in [4.69, 9.17) is 9.15 Å². The Morgan fingerprint density at radius 1 is 1.32 bits per heavy atom. The number of piperazine rings is 1. The van der Waals surface area contributed by atoms with Crippen LogP contribution in [-0.4, -0.2) is 74.7 Å². The fourth-order valence-electron chi connectivity index (χ4n) is 4.48. The summed E-state index contributed by atoms with van der Waals surface area (Å²) in [5, 5.41) is 21.6. The first-order chi connectivity index (χ1) is 16.0. The summed E-state index contributed by atoms with van der Waals surface area (Å²) in [4.78, 5) is 23.6. The summed E-state index contributed by atoms with van der Waals surface area (Å²) >= 11 is 1.39. The molecule has 12 heteroatoms. The molecule has 0 aliphatic carbocycles. The number of halogens is 2. The van der Waals surface area contributed by atoms with Gasteiger partial charge in [0.2, 0.25) is 0 Å². The molecule has 1 aromatic carbocycles. The molecule has 2 bridgehead atoms. The molecule has 3 aliphatic rings. The lowest BCUT2D eigenvalue weighted by atomic mass is 9.88. The maximum absolute atomic E-state index is 14.6. The first-order valence-corrected chi connectivity index (χ1v) is 11.7. The maximum Gasteiger partial charge on any atom is 0.407 e. The van der Waals surface area contributed by atoms with E-state index in [0.717, 1.165) is 6.42 Å². The number of benzene rings is 1. The van der Waals surface area contributed by atoms with Gasteiger partial charge in [0, 0.05) is 24.7 Å². The molecule has 0 spiro atoms. The van der Waals surface area contributed by atoms with Gasteiger partial charge in [-0.3, -0.25) is 4.90 Å². The van der Waals surface area contributed by atoms with E-state index in [0.29, 0.717) is 29.2 Å². The SMILES string of the molecule is CC(C)(O)COC(F)(F)Cc1ccc(-c2nccs2)c2oc(N3CC4CC(C3)N4C(=O)O)nc12. The number of aromatic nitrogens is 2. The van der Waals surface area contributed by atoms with Crippen molar-refractivity contribution in [1.29, 1.82) is 0 Å². The Morgan fingerprint density at radius 3 is 2.68 bits per heavy atom. The number of piperidine rings is 1. The first kappa shape index (κ1) is 22.9. The number of anilines is 1. The number of oxazole rings is 1. The summed E-state index contributed by atoms with van der Waals surface area (Å²) in [5.74, 6) is 0. The Labute approximate surface area is 197 Å². The third kappa shape index (κ3) is 4.32. The van der Waals surface area contributed by atoms with Gasteiger partial charge in [-0.25, -0.2) is 9.78 Å². The Balaban J connectivity index is 1.48. The highest BCUT2D eigenvalue weighted by molar-refractivity contribution is 7.13. The number of hydrogen-bond acceptors (Lipinski definition) is 8. The second kappa shape index (κ2) is 8.14. The standard InChI is InChI=1S/C22H24F2N4O5S/c1-21(2,31)11-32-22(23,24)8-12-3-4-15(18-25-5-6-34-18)17-16(12)26-19(33-17)27-9-13-7-14(10-27)28(13)20(29)30/h3-6,13-14,31H,7-11H2,1-2H3,(H,29,30). The lowest BCUT2D eigenvalue weighted by molar-refractivity contribution is -0.255. The number of amides is 1. The van der Waals surface area contributed by atoms with E-state index in [2.05, 4.69) is 9.97 Å². The van der Waals surface area contributed by atoms with Gasteiger partial charge >= 0.3 is 12.2 Å². The lowest BCUT2D eigenvalue weighted by Gasteiger charge is -2.54. The van der Waals surface area contributed by atoms with Crippen molar-refractivity contribution in [3.8, 4) is 10.6 Å². The summed E-state index contributed by atoms with van der Waals surface area (Å²) < 4.78 is 40.0. The van der Waals surface area contributed by atoms with Crippen LogP contribution in [0.15, 0.2) is 28.1 Å². The van der Waals surface area contributed by atoms with Gasteiger partial charge < -0.3 is 24.3 Å². The molecule has 2 N–H and O–H groups in total. The zero-order valence-corrected chi connectivity index (χ0v) is 19.4. The van der Waals surface area contributed by atoms with Gasteiger partial charge in [-0.15, -0.1) is 11.3 Å². The minimum Gasteiger partial charge on any atom is -0.465 e. The van der Waals surface area contributed by atoms with E-state index in [-0.39, 0.29) is 29.2 Å². The smallest absolute Gasteiger partial charge is 0.407 e. The molecule has 2 aromatic heterocycles. The molecule has 5 heterocycles. The Morgan fingerprint density at radius 2 is 2.06 bits per heavy atom. The van der Waals surface area contributed by atoms with Gasteiger partial charge in [0.15, 0.2) is 5.58 Å². The highest BCUT2D eigenvalue weighted by Crippen LogP contribution is 2.39. The van der Waals surface area contributed by atoms with Crippen LogP contribution in [0, 0.1) is 0 Å². The highest BCUT2D eigenvalue weighted by Gasteiger charge is 2.48. The van der Waals surface area contributed by atoms with Gasteiger partial charge in [-0.2, -0.15) is 13.8 Å². The Kier molecular flexibility index (Phi) is 5.49. The normalized spacial score (nSPS) is 20.6. The molecule has 3 fully saturated rings. The lowest BCUT2D eigenvalue weighted by Crippen LogP contribution is -2.70. The Bertz CT molecular complexity index is 1200. The van der Waals surface area contributed by atoms with Crippen molar-refractivity contribution in [2.45, 2.75) is 50.5 Å². The molecule has 3 aliphatic heterocycles. The molecule has 9 nitrogen and oxygen atoms in total. The number of hydrogen-bond donors (Lipinski definition) is 2. The summed E-state index contributed by atoms with van der Waals surface area (Å²) in [6, 6.07) is 3.21. The largest absolute Gasteiger partial charge is 0.465 e. The van der Waals surface area contributed by atoms with E-state index in [1.165, 1.54) is 30.1 Å². The minimum atomic E-state index is -3.52. The fourth-order valence-corrected chi connectivity index (χ4v) is 5.14. The van der Waals surface area contributed by atoms with Crippen LogP contribution in [0.4, 0.5) is 19.6 Å². The van der Waals surface area contributed by atoms with E-state index in [1.54, 1.807) is 18.3 Å². The van der Waals surface area contributed by atoms with E-state index in [9.17, 15) is 23.8 Å². The number of carbonyl (C=O) groups is 1. The van der Waals surface area contributed by atoms with Crippen molar-refractivity contribution in [2.24, 2.45) is 0 Å². The minimum absolute atomic E-state index is 0.149. The molecule has 0 saturated carbocycles. The van der Waals surface area contributed by atoms with Crippen molar-refractivity contribution in [2.75, 3.05) is 24.6 Å². The van der Waals surface area contributed by atoms with Crippen LogP contribution < -0.4 is 4.90 Å². The second-order valence-electron chi connectivity index (χ2n) is 9.34. The number of aliphatic hydroxyl groups is 1. The van der Waals surface area contributed by atoms with Gasteiger partial charge in [0.1, 0.15) is 10.5 Å². The summed E-state index contributed by atoms with van der Waals surface area (Å²) in [7, 11) is 0. The number of fused-ring (bicyclic) bond motifs is 3. The summed E-state index contributed by atoms with van der Waals surface area (Å²) in [6.07, 6.45) is -2.79. The van der Waals surface area contributed by atoms with Crippen LogP contribution in [0.3, 0.4) is 0 Å². The topological polar surface area (TPSA) is 112 Å². The number of alkyl halides is 2. The first-order valence-electron chi connectivity index (χ1n) is 10.8. The quantitative estimate of drug-likeness (QED) is 0.510. The molecule has 3 aromatic rings. The number of ether oxygens (including phenoxy) is 1. The predicted molar refractivity (Wildman–Crippen MR) is 120 cm³/mol. The van der Waals surface area contributed by atoms with Crippen LogP contribution in [0.1, 0.15) is 25.8 Å². The monoisotopic (exact) mass is 494 g/mol. The zero-order chi connectivity index (χ0) is 24.3. The third-order valence-corrected chi connectivity index (χ3v) is 6.80. The van der Waals surface area contributed by atoms with Crippen molar-refractivity contribution in [1.82, 2.24) is 14.9 Å². The zero-order valence-electron chi connectivity index (χ0n) is 18.6. The van der Waals surface area contributed by atoms with Crippen molar-refractivity contribution in [3.05, 3.63) is 29.3 Å². The molecule has 2 unspecified atom stereocenters. The van der Waals surface area contributed by atoms with Gasteiger partial charge in [-0.05, 0) is 31.9 Å². The number of carboxylic acid groups (broad SMARTS) is 1. The van der Waals surface area contributed by atoms with E-state index >= 15 is 0 Å². The summed E-state index contributed by atoms with van der Waals surface area (Å²) in [5.41, 5.74) is 0.106. The molecule has 34 heavy (non-hydrogen) atoms. The van der Waals surface area contributed by atoms with Crippen LogP contribution in [-0.2, 0) is 11.2 Å². The van der Waals surface area contributed by atoms with Crippen molar-refractivity contribution in [3.63, 3.8) is 0 Å². The fraction of sp³-hybridized carbons (Fsp3) is 0.500. The number of nitrogens with zero attached hydrogens (tertiary/aromatic N) is 4. The van der Waals surface area contributed by atoms with Crippen LogP contribution >= 0.6 is 11.3 Å². The number of thiazole rings is 1. The summed E-state index contributed by atoms with van der Waals surface area (Å²) in [6.45, 7) is 3.09. The molecular formula is C22H24F2N4O5S. The number of rotatable bonds is 7. The molecular weight excluding hydrogens is 470 g/mol. The average Bonchev–Trinajstić information content (AvgIpc) is 3.42. The molecule has 2 atom stereocenters. The maximum atomic E-state index is 14.6. The van der Waals surface area contributed by atoms with Gasteiger partial charge in [0.05, 0.1) is 36.3 Å². The van der Waals surface area contributed by atoms with E-state index in [1.807, 2.05) is 10.3 Å². The van der Waals surface area contributed by atoms with Gasteiger partial charge in [0.25, 0.3) is 6.01 Å².